The number of hydrogen-bond donors (Lipinski definition) is 0. The van der Waals surface area contributed by atoms with Crippen LogP contribution in [0.25, 0.3) is 6.08 Å². The Morgan fingerprint density at radius 2 is 1.69 bits per heavy atom. The Morgan fingerprint density at radius 3 is 2.28 bits per heavy atom. The van der Waals surface area contributed by atoms with Crippen LogP contribution in [-0.4, -0.2) is 42.7 Å². The van der Waals surface area contributed by atoms with Crippen LogP contribution in [0.5, 0.6) is 11.5 Å². The molecular formula is C27H20Br2Cl2N2O5S. The molecule has 1 fully saturated rings. The zero-order valence-corrected chi connectivity index (χ0v) is 26.0. The molecule has 1 aliphatic heterocycles. The highest BCUT2D eigenvalue weighted by atomic mass is 79.9. The molecule has 0 N–H and O–H groups in total. The molecule has 0 aromatic heterocycles. The van der Waals surface area contributed by atoms with E-state index < -0.39 is 5.97 Å². The van der Waals surface area contributed by atoms with E-state index in [9.17, 15) is 9.59 Å². The first-order valence-corrected chi connectivity index (χ1v) is 14.0. The average Bonchev–Trinajstić information content (AvgIpc) is 3.13. The number of benzene rings is 3. The van der Waals surface area contributed by atoms with E-state index in [1.165, 1.54) is 16.9 Å². The van der Waals surface area contributed by atoms with Crippen molar-refractivity contribution >= 4 is 96.0 Å². The lowest BCUT2D eigenvalue weighted by molar-refractivity contribution is -0.140. The van der Waals surface area contributed by atoms with Crippen LogP contribution in [-0.2, 0) is 20.9 Å². The fourth-order valence-electron chi connectivity index (χ4n) is 3.73. The van der Waals surface area contributed by atoms with Crippen molar-refractivity contribution in [3.63, 3.8) is 0 Å². The van der Waals surface area contributed by atoms with Gasteiger partial charge in [-0.15, -0.1) is 0 Å². The van der Waals surface area contributed by atoms with E-state index in [1.807, 2.05) is 0 Å². The lowest BCUT2D eigenvalue weighted by atomic mass is 10.1. The van der Waals surface area contributed by atoms with Crippen molar-refractivity contribution < 1.29 is 23.8 Å². The van der Waals surface area contributed by atoms with Crippen LogP contribution in [0.15, 0.2) is 69.2 Å². The first-order valence-electron chi connectivity index (χ1n) is 11.3. The molecule has 0 aliphatic carbocycles. The molecule has 0 saturated carbocycles. The number of carbonyl (C=O) groups is 2. The highest BCUT2D eigenvalue weighted by molar-refractivity contribution is 9.11. The number of rotatable bonds is 8. The first-order chi connectivity index (χ1) is 18.6. The quantitative estimate of drug-likeness (QED) is 0.138. The molecule has 12 heteroatoms. The minimum Gasteiger partial charge on any atom is -0.497 e. The number of anilines is 1. The van der Waals surface area contributed by atoms with Gasteiger partial charge >= 0.3 is 5.97 Å². The third-order valence-electron chi connectivity index (χ3n) is 5.69. The number of nitrogens with zero attached hydrogens (tertiary/aromatic N) is 2. The van der Waals surface area contributed by atoms with E-state index in [0.717, 1.165) is 5.56 Å². The second-order valence-corrected chi connectivity index (χ2v) is 11.1. The van der Waals surface area contributed by atoms with Crippen LogP contribution in [0.3, 0.4) is 0 Å². The van der Waals surface area contributed by atoms with Gasteiger partial charge in [-0.25, -0.2) is 0 Å². The molecule has 0 spiro atoms. The van der Waals surface area contributed by atoms with Crippen LogP contribution >= 0.6 is 67.3 Å². The summed E-state index contributed by atoms with van der Waals surface area (Å²) in [4.78, 5) is 28.6. The molecule has 202 valence electrons. The molecule has 0 radical (unpaired) electrons. The lowest BCUT2D eigenvalue weighted by Gasteiger charge is -2.19. The summed E-state index contributed by atoms with van der Waals surface area (Å²) in [6, 6.07) is 15.7. The molecule has 0 atom stereocenters. The van der Waals surface area contributed by atoms with Gasteiger partial charge in [0.15, 0.2) is 5.11 Å². The maximum atomic E-state index is 13.6. The SMILES string of the molecule is COC(=O)CN1C(=S)N(c2ccc(OC)cc2)C(=O)/C1=C/c1cc(Br)c(OCc2ccc(Cl)cc2Cl)c(Br)c1. The van der Waals surface area contributed by atoms with Crippen LogP contribution in [0.4, 0.5) is 5.69 Å². The van der Waals surface area contributed by atoms with Crippen molar-refractivity contribution in [3.05, 3.63) is 90.4 Å². The van der Waals surface area contributed by atoms with Crippen molar-refractivity contribution in [3.8, 4) is 11.5 Å². The van der Waals surface area contributed by atoms with Crippen LogP contribution in [0.2, 0.25) is 10.0 Å². The van der Waals surface area contributed by atoms with Crippen molar-refractivity contribution in [1.82, 2.24) is 4.90 Å². The predicted molar refractivity (Wildman–Crippen MR) is 162 cm³/mol. The minimum absolute atomic E-state index is 0.153. The molecule has 1 amide bonds. The van der Waals surface area contributed by atoms with Crippen molar-refractivity contribution in [2.75, 3.05) is 25.7 Å². The van der Waals surface area contributed by atoms with Gasteiger partial charge in [-0.2, -0.15) is 0 Å². The summed E-state index contributed by atoms with van der Waals surface area (Å²) < 4.78 is 17.3. The molecule has 0 unspecified atom stereocenters. The number of halogens is 4. The van der Waals surface area contributed by atoms with Crippen molar-refractivity contribution in [2.45, 2.75) is 6.61 Å². The Hall–Kier alpha value is -2.63. The molecule has 4 rings (SSSR count). The fraction of sp³-hybridized carbons (Fsp3) is 0.148. The molecule has 3 aromatic rings. The van der Waals surface area contributed by atoms with Gasteiger partial charge in [0.25, 0.3) is 5.91 Å². The number of ether oxygens (including phenoxy) is 3. The Morgan fingerprint density at radius 1 is 1.03 bits per heavy atom. The van der Waals surface area contributed by atoms with Crippen molar-refractivity contribution in [2.24, 2.45) is 0 Å². The Kier molecular flexibility index (Phi) is 9.56. The van der Waals surface area contributed by atoms with Crippen LogP contribution < -0.4 is 14.4 Å². The summed E-state index contributed by atoms with van der Waals surface area (Å²) in [5, 5.41) is 1.19. The predicted octanol–water partition coefficient (Wildman–Crippen LogP) is 7.25. The maximum absolute atomic E-state index is 13.6. The van der Waals surface area contributed by atoms with E-state index in [0.29, 0.717) is 41.7 Å². The molecule has 39 heavy (non-hydrogen) atoms. The van der Waals surface area contributed by atoms with Gasteiger partial charge in [0, 0.05) is 15.6 Å². The van der Waals surface area contributed by atoms with E-state index >= 15 is 0 Å². The summed E-state index contributed by atoms with van der Waals surface area (Å²) >= 11 is 24.9. The van der Waals surface area contributed by atoms with Gasteiger partial charge in [-0.05, 0) is 104 Å². The van der Waals surface area contributed by atoms with Crippen LogP contribution in [0, 0.1) is 0 Å². The molecular weight excluding hydrogens is 695 g/mol. The Bertz CT molecular complexity index is 1460. The molecule has 3 aromatic carbocycles. The number of hydrogen-bond acceptors (Lipinski definition) is 6. The average molecular weight is 715 g/mol. The summed E-state index contributed by atoms with van der Waals surface area (Å²) in [7, 11) is 2.83. The number of esters is 1. The van der Waals surface area contributed by atoms with E-state index in [1.54, 1.807) is 67.8 Å². The first kappa shape index (κ1) is 29.4. The highest BCUT2D eigenvalue weighted by Gasteiger charge is 2.40. The second-order valence-electron chi connectivity index (χ2n) is 8.15. The van der Waals surface area contributed by atoms with E-state index in [2.05, 4.69) is 31.9 Å². The number of methoxy groups -OCH3 is 2. The standard InChI is InChI=1S/C27H20Br2Cl2N2O5S/c1-36-19-7-5-18(6-8-19)33-26(35)23(32(27(33)39)13-24(34)37-2)11-15-9-20(28)25(21(29)10-15)38-14-16-3-4-17(30)12-22(16)31/h3-12H,13-14H2,1-2H3/b23-11-. The Balaban J connectivity index is 1.65. The van der Waals surface area contributed by atoms with Crippen molar-refractivity contribution in [1.29, 1.82) is 0 Å². The summed E-state index contributed by atoms with van der Waals surface area (Å²) in [6.45, 7) is -0.0188. The lowest BCUT2D eigenvalue weighted by Crippen LogP contribution is -2.35. The van der Waals surface area contributed by atoms with Gasteiger partial charge in [-0.1, -0.05) is 29.3 Å². The molecule has 7 nitrogen and oxygen atoms in total. The minimum atomic E-state index is -0.542. The molecule has 0 bridgehead atoms. The van der Waals surface area contributed by atoms with E-state index in [-0.39, 0.29) is 29.9 Å². The maximum Gasteiger partial charge on any atom is 0.325 e. The zero-order chi connectivity index (χ0) is 28.3. The summed E-state index contributed by atoms with van der Waals surface area (Å²) in [5.74, 6) is 0.246. The van der Waals surface area contributed by atoms with Gasteiger partial charge < -0.3 is 19.1 Å². The fourth-order valence-corrected chi connectivity index (χ4v) is 6.00. The molecule has 1 heterocycles. The normalized spacial score (nSPS) is 14.3. The largest absolute Gasteiger partial charge is 0.497 e. The third kappa shape index (κ3) is 6.58. The smallest absolute Gasteiger partial charge is 0.325 e. The Labute approximate surface area is 257 Å². The summed E-state index contributed by atoms with van der Waals surface area (Å²) in [5.41, 5.74) is 2.18. The third-order valence-corrected chi connectivity index (χ3v) is 7.86. The zero-order valence-electron chi connectivity index (χ0n) is 20.5. The van der Waals surface area contributed by atoms with Gasteiger partial charge in [0.2, 0.25) is 0 Å². The number of amides is 1. The van der Waals surface area contributed by atoms with Gasteiger partial charge in [0.05, 0.1) is 28.9 Å². The van der Waals surface area contributed by atoms with Crippen LogP contribution in [0.1, 0.15) is 11.1 Å². The summed E-state index contributed by atoms with van der Waals surface area (Å²) in [6.07, 6.45) is 1.65. The number of carbonyl (C=O) groups excluding carboxylic acids is 2. The highest BCUT2D eigenvalue weighted by Crippen LogP contribution is 2.37. The topological polar surface area (TPSA) is 68.3 Å². The molecule has 1 saturated heterocycles. The number of thiocarbonyl (C=S) groups is 1. The molecule has 1 aliphatic rings. The van der Waals surface area contributed by atoms with Gasteiger partial charge in [0.1, 0.15) is 30.3 Å². The monoisotopic (exact) mass is 712 g/mol. The second kappa shape index (κ2) is 12.7. The van der Waals surface area contributed by atoms with E-state index in [4.69, 9.17) is 49.6 Å². The van der Waals surface area contributed by atoms with Gasteiger partial charge in [-0.3, -0.25) is 14.5 Å².